The van der Waals surface area contributed by atoms with Crippen LogP contribution in [-0.4, -0.2) is 19.5 Å². The molecule has 3 aromatic rings. The third-order valence-electron chi connectivity index (χ3n) is 3.21. The summed E-state index contributed by atoms with van der Waals surface area (Å²) in [4.78, 5) is 12.8. The van der Waals surface area contributed by atoms with Crippen molar-refractivity contribution in [2.45, 2.75) is 12.5 Å². The quantitative estimate of drug-likeness (QED) is 0.750. The van der Waals surface area contributed by atoms with E-state index in [1.54, 1.807) is 6.33 Å². The lowest BCUT2D eigenvalue weighted by Crippen LogP contribution is -2.16. The van der Waals surface area contributed by atoms with Crippen molar-refractivity contribution >= 4 is 22.8 Å². The number of halogens is 1. The minimum absolute atomic E-state index is 0.194. The van der Waals surface area contributed by atoms with Crippen molar-refractivity contribution in [3.63, 3.8) is 0 Å². The van der Waals surface area contributed by atoms with Crippen molar-refractivity contribution in [1.82, 2.24) is 19.5 Å². The molecule has 1 aromatic carbocycles. The van der Waals surface area contributed by atoms with Crippen molar-refractivity contribution in [2.75, 3.05) is 0 Å². The molecule has 0 radical (unpaired) electrons. The number of aryl methyl sites for hydroxylation is 1. The van der Waals surface area contributed by atoms with E-state index in [0.717, 1.165) is 5.56 Å². The second-order valence-electron chi connectivity index (χ2n) is 4.70. The predicted molar refractivity (Wildman–Crippen MR) is 78.4 cm³/mol. The van der Waals surface area contributed by atoms with Crippen molar-refractivity contribution < 1.29 is 0 Å². The summed E-state index contributed by atoms with van der Waals surface area (Å²) in [6.07, 6.45) is 2.37. The average molecular weight is 288 g/mol. The van der Waals surface area contributed by atoms with Gasteiger partial charge in [0.1, 0.15) is 5.52 Å². The molecule has 5 nitrogen and oxygen atoms in total. The molecule has 0 aliphatic rings. The maximum Gasteiger partial charge on any atom is 0.224 e. The van der Waals surface area contributed by atoms with Gasteiger partial charge < -0.3 is 10.3 Å². The fraction of sp³-hybridized carbons (Fsp3) is 0.214. The Labute approximate surface area is 121 Å². The zero-order chi connectivity index (χ0) is 14.1. The number of aromatic nitrogens is 4. The first-order chi connectivity index (χ1) is 9.65. The summed E-state index contributed by atoms with van der Waals surface area (Å²) < 4.78 is 1.81. The molecule has 1 atom stereocenters. The molecule has 0 aliphatic heterocycles. The molecular formula is C14H14ClN5. The molecule has 0 saturated carbocycles. The van der Waals surface area contributed by atoms with E-state index in [4.69, 9.17) is 17.3 Å². The van der Waals surface area contributed by atoms with E-state index in [1.165, 1.54) is 0 Å². The first-order valence-electron chi connectivity index (χ1n) is 6.29. The molecule has 0 bridgehead atoms. The lowest BCUT2D eigenvalue weighted by atomic mass is 10.0. The molecule has 0 amide bonds. The van der Waals surface area contributed by atoms with E-state index in [9.17, 15) is 0 Å². The van der Waals surface area contributed by atoms with E-state index in [0.29, 0.717) is 23.3 Å². The van der Waals surface area contributed by atoms with Gasteiger partial charge in [-0.15, -0.1) is 0 Å². The molecule has 0 aliphatic carbocycles. The van der Waals surface area contributed by atoms with Gasteiger partial charge in [-0.3, -0.25) is 0 Å². The van der Waals surface area contributed by atoms with Crippen LogP contribution in [0.3, 0.4) is 0 Å². The number of nitrogens with zero attached hydrogens (tertiary/aromatic N) is 4. The molecule has 3 rings (SSSR count). The number of nitrogens with two attached hydrogens (primary N) is 1. The highest BCUT2D eigenvalue weighted by molar-refractivity contribution is 6.28. The Morgan fingerprint density at radius 1 is 1.25 bits per heavy atom. The van der Waals surface area contributed by atoms with Crippen LogP contribution in [0.25, 0.3) is 11.2 Å². The van der Waals surface area contributed by atoms with E-state index < -0.39 is 0 Å². The van der Waals surface area contributed by atoms with Gasteiger partial charge in [-0.05, 0) is 23.6 Å². The first kappa shape index (κ1) is 13.0. The van der Waals surface area contributed by atoms with Crippen LogP contribution in [0.5, 0.6) is 0 Å². The molecule has 2 heterocycles. The number of hydrogen-bond acceptors (Lipinski definition) is 4. The van der Waals surface area contributed by atoms with E-state index in [1.807, 2.05) is 41.9 Å². The van der Waals surface area contributed by atoms with Gasteiger partial charge in [0.2, 0.25) is 5.28 Å². The van der Waals surface area contributed by atoms with Gasteiger partial charge >= 0.3 is 0 Å². The largest absolute Gasteiger partial charge is 0.322 e. The van der Waals surface area contributed by atoms with Crippen LogP contribution in [0, 0.1) is 0 Å². The van der Waals surface area contributed by atoms with Crippen LogP contribution in [0.4, 0.5) is 0 Å². The summed E-state index contributed by atoms with van der Waals surface area (Å²) in [7, 11) is 1.87. The van der Waals surface area contributed by atoms with Crippen LogP contribution >= 0.6 is 11.6 Å². The van der Waals surface area contributed by atoms with Crippen molar-refractivity contribution in [1.29, 1.82) is 0 Å². The second-order valence-corrected chi connectivity index (χ2v) is 5.04. The number of rotatable bonds is 3. The molecule has 0 fully saturated rings. The Morgan fingerprint density at radius 3 is 2.75 bits per heavy atom. The summed E-state index contributed by atoms with van der Waals surface area (Å²) >= 11 is 5.98. The SMILES string of the molecule is Cn1cnc2c(C(N)Cc3ccccc3)nc(Cl)nc21. The fourth-order valence-electron chi connectivity index (χ4n) is 2.22. The van der Waals surface area contributed by atoms with Crippen LogP contribution in [0.1, 0.15) is 17.3 Å². The molecule has 0 spiro atoms. The number of fused-ring (bicyclic) bond motifs is 1. The van der Waals surface area contributed by atoms with Gasteiger partial charge in [-0.2, -0.15) is 4.98 Å². The standard InChI is InChI=1S/C14H14ClN5/c1-20-8-17-12-11(18-14(15)19-13(12)20)10(16)7-9-5-3-2-4-6-9/h2-6,8,10H,7,16H2,1H3. The summed E-state index contributed by atoms with van der Waals surface area (Å²) in [6, 6.07) is 9.77. The highest BCUT2D eigenvalue weighted by Gasteiger charge is 2.17. The van der Waals surface area contributed by atoms with Gasteiger partial charge in [-0.25, -0.2) is 9.97 Å². The van der Waals surface area contributed by atoms with Gasteiger partial charge in [0, 0.05) is 7.05 Å². The molecule has 102 valence electrons. The van der Waals surface area contributed by atoms with E-state index in [2.05, 4.69) is 15.0 Å². The second kappa shape index (κ2) is 5.19. The number of hydrogen-bond donors (Lipinski definition) is 1. The summed E-state index contributed by atoms with van der Waals surface area (Å²) in [5.74, 6) is 0. The zero-order valence-corrected chi connectivity index (χ0v) is 11.7. The van der Waals surface area contributed by atoms with Gasteiger partial charge in [-0.1, -0.05) is 30.3 Å². The van der Waals surface area contributed by atoms with Gasteiger partial charge in [0.05, 0.1) is 18.1 Å². The van der Waals surface area contributed by atoms with Crippen LogP contribution < -0.4 is 5.73 Å². The Morgan fingerprint density at radius 2 is 2.00 bits per heavy atom. The zero-order valence-electron chi connectivity index (χ0n) is 11.0. The Bertz CT molecular complexity index is 738. The Balaban J connectivity index is 2.01. The fourth-order valence-corrected chi connectivity index (χ4v) is 2.40. The highest BCUT2D eigenvalue weighted by Crippen LogP contribution is 2.22. The summed E-state index contributed by atoms with van der Waals surface area (Å²) in [6.45, 7) is 0. The van der Waals surface area contributed by atoms with Crippen LogP contribution in [0.15, 0.2) is 36.7 Å². The van der Waals surface area contributed by atoms with Crippen LogP contribution in [-0.2, 0) is 13.5 Å². The predicted octanol–water partition coefficient (Wildman–Crippen LogP) is 2.26. The minimum atomic E-state index is -0.268. The monoisotopic (exact) mass is 287 g/mol. The maximum atomic E-state index is 6.27. The number of imidazole rings is 1. The minimum Gasteiger partial charge on any atom is -0.322 e. The van der Waals surface area contributed by atoms with Gasteiger partial charge in [0.15, 0.2) is 5.65 Å². The average Bonchev–Trinajstić information content (AvgIpc) is 2.81. The molecule has 2 aromatic heterocycles. The summed E-state index contributed by atoms with van der Waals surface area (Å²) in [5, 5.41) is 0.194. The van der Waals surface area contributed by atoms with E-state index >= 15 is 0 Å². The molecule has 6 heteroatoms. The lowest BCUT2D eigenvalue weighted by molar-refractivity contribution is 0.700. The first-order valence-corrected chi connectivity index (χ1v) is 6.67. The molecule has 20 heavy (non-hydrogen) atoms. The van der Waals surface area contributed by atoms with Crippen molar-refractivity contribution in [2.24, 2.45) is 12.8 Å². The van der Waals surface area contributed by atoms with Crippen molar-refractivity contribution in [3.8, 4) is 0 Å². The molecule has 0 saturated heterocycles. The maximum absolute atomic E-state index is 6.27. The third-order valence-corrected chi connectivity index (χ3v) is 3.38. The van der Waals surface area contributed by atoms with Crippen molar-refractivity contribution in [3.05, 3.63) is 53.2 Å². The molecular weight excluding hydrogens is 274 g/mol. The smallest absolute Gasteiger partial charge is 0.224 e. The Kier molecular flexibility index (Phi) is 3.38. The third kappa shape index (κ3) is 2.37. The van der Waals surface area contributed by atoms with Crippen LogP contribution in [0.2, 0.25) is 5.28 Å². The van der Waals surface area contributed by atoms with Gasteiger partial charge in [0.25, 0.3) is 0 Å². The molecule has 2 N–H and O–H groups in total. The van der Waals surface area contributed by atoms with E-state index in [-0.39, 0.29) is 11.3 Å². The normalized spacial score (nSPS) is 12.8. The number of benzene rings is 1. The lowest BCUT2D eigenvalue weighted by Gasteiger charge is -2.12. The highest BCUT2D eigenvalue weighted by atomic mass is 35.5. The topological polar surface area (TPSA) is 69.6 Å². The Hall–Kier alpha value is -1.98. The molecule has 1 unspecified atom stereocenters. The summed E-state index contributed by atoms with van der Waals surface area (Å²) in [5.41, 5.74) is 9.52.